The summed E-state index contributed by atoms with van der Waals surface area (Å²) >= 11 is 0. The van der Waals surface area contributed by atoms with Gasteiger partial charge in [0.2, 0.25) is 0 Å². The zero-order valence-electron chi connectivity index (χ0n) is 10.4. The van der Waals surface area contributed by atoms with Crippen LogP contribution in [0.5, 0.6) is 0 Å². The molecule has 0 aromatic carbocycles. The third kappa shape index (κ3) is 3.44. The highest BCUT2D eigenvalue weighted by Gasteiger charge is 2.25. The minimum absolute atomic E-state index is 0.0659. The van der Waals surface area contributed by atoms with Gasteiger partial charge < -0.3 is 14.7 Å². The Hall–Kier alpha value is -0.120. The molecule has 1 N–H and O–H groups in total. The summed E-state index contributed by atoms with van der Waals surface area (Å²) in [6.45, 7) is 3.01. The Bertz CT molecular complexity index is 204. The van der Waals surface area contributed by atoms with Gasteiger partial charge in [0.1, 0.15) is 0 Å². The first-order valence-electron chi connectivity index (χ1n) is 6.71. The first-order chi connectivity index (χ1) is 7.75. The molecule has 3 unspecified atom stereocenters. The molecule has 1 aliphatic carbocycles. The van der Waals surface area contributed by atoms with Gasteiger partial charge in [-0.15, -0.1) is 0 Å². The maximum absolute atomic E-state index is 9.68. The van der Waals surface area contributed by atoms with E-state index in [4.69, 9.17) is 4.74 Å². The maximum atomic E-state index is 9.68. The monoisotopic (exact) mass is 227 g/mol. The molecule has 1 saturated heterocycles. The lowest BCUT2D eigenvalue weighted by Crippen LogP contribution is -2.41. The second-order valence-electron chi connectivity index (χ2n) is 5.50. The number of aliphatic hydroxyl groups excluding tert-OH is 1. The number of rotatable bonds is 3. The normalized spacial score (nSPS) is 36.6. The lowest BCUT2D eigenvalue weighted by molar-refractivity contribution is 0.0218. The molecule has 0 bridgehead atoms. The molecule has 0 aromatic heterocycles. The minimum atomic E-state index is -0.0659. The van der Waals surface area contributed by atoms with Gasteiger partial charge in [-0.3, -0.25) is 0 Å². The maximum Gasteiger partial charge on any atom is 0.0555 e. The van der Waals surface area contributed by atoms with Gasteiger partial charge in [0.15, 0.2) is 0 Å². The fourth-order valence-corrected chi connectivity index (χ4v) is 3.05. The van der Waals surface area contributed by atoms with Crippen LogP contribution in [-0.2, 0) is 4.74 Å². The lowest BCUT2D eigenvalue weighted by atomic mass is 9.91. The minimum Gasteiger partial charge on any atom is -0.393 e. The largest absolute Gasteiger partial charge is 0.393 e. The van der Waals surface area contributed by atoms with Crippen LogP contribution in [0.15, 0.2) is 0 Å². The Morgan fingerprint density at radius 1 is 1.25 bits per heavy atom. The molecule has 0 radical (unpaired) electrons. The van der Waals surface area contributed by atoms with E-state index in [9.17, 15) is 5.11 Å². The second kappa shape index (κ2) is 5.99. The molecule has 1 saturated carbocycles. The van der Waals surface area contributed by atoms with Crippen molar-refractivity contribution in [3.63, 3.8) is 0 Å². The van der Waals surface area contributed by atoms with Crippen LogP contribution in [0.25, 0.3) is 0 Å². The molecule has 16 heavy (non-hydrogen) atoms. The summed E-state index contributed by atoms with van der Waals surface area (Å²) in [5, 5.41) is 9.68. The van der Waals surface area contributed by atoms with Crippen molar-refractivity contribution in [3.8, 4) is 0 Å². The molecule has 3 heteroatoms. The third-order valence-corrected chi connectivity index (χ3v) is 4.04. The van der Waals surface area contributed by atoms with Gasteiger partial charge in [0, 0.05) is 19.2 Å². The molecular formula is C13H25NO2. The molecule has 3 nitrogen and oxygen atoms in total. The van der Waals surface area contributed by atoms with Crippen LogP contribution in [0.1, 0.15) is 38.5 Å². The fourth-order valence-electron chi connectivity index (χ4n) is 3.05. The van der Waals surface area contributed by atoms with Crippen LogP contribution in [0, 0.1) is 5.92 Å². The van der Waals surface area contributed by atoms with Gasteiger partial charge in [0.25, 0.3) is 0 Å². The summed E-state index contributed by atoms with van der Waals surface area (Å²) in [6, 6.07) is 0.589. The molecule has 3 atom stereocenters. The van der Waals surface area contributed by atoms with Crippen LogP contribution in [0.3, 0.4) is 0 Å². The van der Waals surface area contributed by atoms with E-state index in [-0.39, 0.29) is 6.10 Å². The van der Waals surface area contributed by atoms with E-state index in [0.29, 0.717) is 12.0 Å². The summed E-state index contributed by atoms with van der Waals surface area (Å²) in [5.41, 5.74) is 0. The molecule has 1 heterocycles. The Balaban J connectivity index is 1.75. The fraction of sp³-hybridized carbons (Fsp3) is 1.00. The molecule has 0 spiro atoms. The Morgan fingerprint density at radius 3 is 2.81 bits per heavy atom. The predicted octanol–water partition coefficient (Wildman–Crippen LogP) is 1.65. The molecule has 0 amide bonds. The summed E-state index contributed by atoms with van der Waals surface area (Å²) < 4.78 is 5.52. The highest BCUT2D eigenvalue weighted by Crippen LogP contribution is 2.24. The van der Waals surface area contributed by atoms with E-state index >= 15 is 0 Å². The van der Waals surface area contributed by atoms with Crippen LogP contribution >= 0.6 is 0 Å². The van der Waals surface area contributed by atoms with Crippen LogP contribution in [0.4, 0.5) is 0 Å². The molecule has 2 aliphatic rings. The quantitative estimate of drug-likeness (QED) is 0.795. The molecule has 0 aromatic rings. The first-order valence-corrected chi connectivity index (χ1v) is 6.71. The van der Waals surface area contributed by atoms with E-state index in [2.05, 4.69) is 11.9 Å². The van der Waals surface area contributed by atoms with E-state index in [1.165, 1.54) is 25.7 Å². The van der Waals surface area contributed by atoms with Gasteiger partial charge >= 0.3 is 0 Å². The average Bonchev–Trinajstić information content (AvgIpc) is 2.30. The topological polar surface area (TPSA) is 32.7 Å². The molecule has 94 valence electrons. The molecular weight excluding hydrogens is 202 g/mol. The van der Waals surface area contributed by atoms with E-state index in [0.717, 1.165) is 32.6 Å². The predicted molar refractivity (Wildman–Crippen MR) is 64.4 cm³/mol. The van der Waals surface area contributed by atoms with Gasteiger partial charge in [-0.1, -0.05) is 0 Å². The summed E-state index contributed by atoms with van der Waals surface area (Å²) in [4.78, 5) is 2.45. The first kappa shape index (κ1) is 12.3. The van der Waals surface area contributed by atoms with Crippen molar-refractivity contribution < 1.29 is 9.84 Å². The van der Waals surface area contributed by atoms with E-state index < -0.39 is 0 Å². The van der Waals surface area contributed by atoms with Crippen LogP contribution in [-0.4, -0.2) is 49.0 Å². The smallest absolute Gasteiger partial charge is 0.0555 e. The van der Waals surface area contributed by atoms with Crippen LogP contribution < -0.4 is 0 Å². The second-order valence-corrected chi connectivity index (χ2v) is 5.50. The van der Waals surface area contributed by atoms with Crippen LogP contribution in [0.2, 0.25) is 0 Å². The van der Waals surface area contributed by atoms with Crippen molar-refractivity contribution in [3.05, 3.63) is 0 Å². The van der Waals surface area contributed by atoms with Gasteiger partial charge in [-0.05, 0) is 51.5 Å². The van der Waals surface area contributed by atoms with Gasteiger partial charge in [-0.25, -0.2) is 0 Å². The highest BCUT2D eigenvalue weighted by atomic mass is 16.5. The number of hydrogen-bond donors (Lipinski definition) is 1. The summed E-state index contributed by atoms with van der Waals surface area (Å²) in [5.74, 6) is 0.706. The third-order valence-electron chi connectivity index (χ3n) is 4.04. The zero-order chi connectivity index (χ0) is 11.4. The van der Waals surface area contributed by atoms with Crippen molar-refractivity contribution in [2.45, 2.75) is 50.7 Å². The van der Waals surface area contributed by atoms with Gasteiger partial charge in [0.05, 0.1) is 12.7 Å². The number of aliphatic hydroxyl groups is 1. The summed E-state index contributed by atoms with van der Waals surface area (Å²) in [6.07, 6.45) is 6.84. The van der Waals surface area contributed by atoms with Gasteiger partial charge in [-0.2, -0.15) is 0 Å². The molecule has 1 aliphatic heterocycles. The van der Waals surface area contributed by atoms with E-state index in [1.807, 2.05) is 0 Å². The average molecular weight is 227 g/mol. The van der Waals surface area contributed by atoms with Crippen molar-refractivity contribution in [1.82, 2.24) is 4.90 Å². The van der Waals surface area contributed by atoms with Crippen molar-refractivity contribution in [2.24, 2.45) is 5.92 Å². The summed E-state index contributed by atoms with van der Waals surface area (Å²) in [7, 11) is 2.21. The number of nitrogens with zero attached hydrogens (tertiary/aromatic N) is 1. The number of ether oxygens (including phenoxy) is 1. The Kier molecular flexibility index (Phi) is 4.62. The molecule has 2 fully saturated rings. The highest BCUT2D eigenvalue weighted by molar-refractivity contribution is 4.80. The standard InChI is InChI=1S/C13H25NO2/c1-14(9-11-4-3-7-16-10-11)12-5-2-6-13(15)8-12/h11-13,15H,2-10H2,1H3. The molecule has 2 rings (SSSR count). The Labute approximate surface area is 98.8 Å². The number of hydrogen-bond acceptors (Lipinski definition) is 3. The SMILES string of the molecule is CN(CC1CCCOC1)C1CCCC(O)C1. The zero-order valence-corrected chi connectivity index (χ0v) is 10.4. The van der Waals surface area contributed by atoms with Crippen molar-refractivity contribution in [2.75, 3.05) is 26.8 Å². The van der Waals surface area contributed by atoms with E-state index in [1.54, 1.807) is 0 Å². The van der Waals surface area contributed by atoms with Crippen molar-refractivity contribution in [1.29, 1.82) is 0 Å². The lowest BCUT2D eigenvalue weighted by Gasteiger charge is -2.36. The Morgan fingerprint density at radius 2 is 2.12 bits per heavy atom. The van der Waals surface area contributed by atoms with Crippen molar-refractivity contribution >= 4 is 0 Å².